The van der Waals surface area contributed by atoms with Crippen molar-refractivity contribution in [1.29, 1.82) is 0 Å². The first-order chi connectivity index (χ1) is 14.2. The van der Waals surface area contributed by atoms with Crippen molar-refractivity contribution < 1.29 is 9.53 Å². The minimum Gasteiger partial charge on any atom is -0.370 e. The molecule has 1 unspecified atom stereocenters. The molecule has 29 heavy (non-hydrogen) atoms. The summed E-state index contributed by atoms with van der Waals surface area (Å²) in [5.74, 6) is 0.150. The summed E-state index contributed by atoms with van der Waals surface area (Å²) in [4.78, 5) is 20.2. The molecule has 0 bridgehead atoms. The fraction of sp³-hybridized carbons (Fsp3) is 0.565. The van der Waals surface area contributed by atoms with Crippen LogP contribution in [0.1, 0.15) is 49.0 Å². The lowest BCUT2D eigenvalue weighted by Crippen LogP contribution is -2.44. The maximum atomic E-state index is 12.1. The number of pyridine rings is 1. The number of rotatable bonds is 8. The van der Waals surface area contributed by atoms with Gasteiger partial charge in [-0.15, -0.1) is 11.3 Å². The van der Waals surface area contributed by atoms with E-state index in [1.165, 1.54) is 10.4 Å². The van der Waals surface area contributed by atoms with E-state index >= 15 is 0 Å². The van der Waals surface area contributed by atoms with Crippen LogP contribution in [0.4, 0.5) is 0 Å². The maximum Gasteiger partial charge on any atom is 0.220 e. The Morgan fingerprint density at radius 2 is 2.17 bits per heavy atom. The number of carbonyl (C=O) groups excluding carboxylic acids is 1. The zero-order chi connectivity index (χ0) is 19.9. The Kier molecular flexibility index (Phi) is 6.95. The highest BCUT2D eigenvalue weighted by Crippen LogP contribution is 2.39. The Morgan fingerprint density at radius 1 is 1.28 bits per heavy atom. The van der Waals surface area contributed by atoms with Crippen LogP contribution in [0.2, 0.25) is 0 Å². The van der Waals surface area contributed by atoms with Crippen LogP contribution in [-0.2, 0) is 22.5 Å². The second-order valence-electron chi connectivity index (χ2n) is 8.34. The van der Waals surface area contributed by atoms with Gasteiger partial charge in [-0.3, -0.25) is 14.7 Å². The number of piperidine rings is 1. The Morgan fingerprint density at radius 3 is 2.93 bits per heavy atom. The van der Waals surface area contributed by atoms with Gasteiger partial charge >= 0.3 is 0 Å². The van der Waals surface area contributed by atoms with Crippen LogP contribution in [0, 0.1) is 0 Å². The van der Waals surface area contributed by atoms with E-state index in [1.54, 1.807) is 11.3 Å². The van der Waals surface area contributed by atoms with Crippen molar-refractivity contribution in [2.24, 2.45) is 0 Å². The average Bonchev–Trinajstić information content (AvgIpc) is 3.40. The summed E-state index contributed by atoms with van der Waals surface area (Å²) in [5, 5.41) is 5.18. The Bertz CT molecular complexity index is 758. The first-order valence-electron chi connectivity index (χ1n) is 10.8. The molecule has 2 aliphatic rings. The van der Waals surface area contributed by atoms with Crippen molar-refractivity contribution >= 4 is 17.2 Å². The summed E-state index contributed by atoms with van der Waals surface area (Å²) in [6.07, 6.45) is 10.8. The van der Waals surface area contributed by atoms with Crippen molar-refractivity contribution in [3.8, 4) is 0 Å². The topological polar surface area (TPSA) is 54.5 Å². The molecule has 0 aromatic carbocycles. The third-order valence-electron chi connectivity index (χ3n) is 6.17. The first-order valence-corrected chi connectivity index (χ1v) is 11.7. The zero-order valence-electron chi connectivity index (χ0n) is 17.0. The second kappa shape index (κ2) is 9.83. The van der Waals surface area contributed by atoms with Crippen LogP contribution in [0.15, 0.2) is 42.0 Å². The van der Waals surface area contributed by atoms with Gasteiger partial charge in [-0.1, -0.05) is 12.1 Å². The standard InChI is InChI=1S/C23H31N3O2S/c27-22(7-1-5-21-6-3-15-29-21)25-17-20-8-9-23(28-20)10-13-26(14-11-23)18-19-4-2-12-24-16-19/h2-4,6,12,15-16,20H,1,5,7-11,13-14,17-18H2,(H,25,27). The Labute approximate surface area is 177 Å². The molecule has 2 aliphatic heterocycles. The number of carbonyl (C=O) groups is 1. The third-order valence-corrected chi connectivity index (χ3v) is 7.11. The average molecular weight is 414 g/mol. The molecule has 156 valence electrons. The van der Waals surface area contributed by atoms with Crippen molar-refractivity contribution in [1.82, 2.24) is 15.2 Å². The molecule has 4 rings (SSSR count). The zero-order valence-corrected chi connectivity index (χ0v) is 17.8. The summed E-state index contributed by atoms with van der Waals surface area (Å²) in [6, 6.07) is 8.34. The van der Waals surface area contributed by atoms with E-state index in [-0.39, 0.29) is 17.6 Å². The molecular weight excluding hydrogens is 382 g/mol. The van der Waals surface area contributed by atoms with E-state index < -0.39 is 0 Å². The monoisotopic (exact) mass is 413 g/mol. The number of aryl methyl sites for hydroxylation is 1. The molecular formula is C23H31N3O2S. The van der Waals surface area contributed by atoms with Gasteiger partial charge in [-0.05, 0) is 61.6 Å². The van der Waals surface area contributed by atoms with Crippen LogP contribution in [0.5, 0.6) is 0 Å². The molecule has 2 aromatic rings. The second-order valence-corrected chi connectivity index (χ2v) is 9.37. The SMILES string of the molecule is O=C(CCCc1cccs1)NCC1CCC2(CCN(Cc3cccnc3)CC2)O1. The molecule has 1 atom stereocenters. The lowest BCUT2D eigenvalue weighted by molar-refractivity contribution is -0.122. The molecule has 0 radical (unpaired) electrons. The van der Waals surface area contributed by atoms with Gasteiger partial charge in [0.1, 0.15) is 0 Å². The number of hydrogen-bond donors (Lipinski definition) is 1. The Balaban J connectivity index is 1.13. The number of likely N-dealkylation sites (tertiary alicyclic amines) is 1. The number of ether oxygens (including phenoxy) is 1. The largest absolute Gasteiger partial charge is 0.370 e. The van der Waals surface area contributed by atoms with Crippen molar-refractivity contribution in [2.45, 2.75) is 63.2 Å². The van der Waals surface area contributed by atoms with Crippen LogP contribution in [0.25, 0.3) is 0 Å². The molecule has 2 aromatic heterocycles. The van der Waals surface area contributed by atoms with E-state index in [0.29, 0.717) is 13.0 Å². The van der Waals surface area contributed by atoms with Crippen molar-refractivity contribution in [2.75, 3.05) is 19.6 Å². The van der Waals surface area contributed by atoms with Crippen molar-refractivity contribution in [3.63, 3.8) is 0 Å². The molecule has 1 N–H and O–H groups in total. The minimum absolute atomic E-state index is 0.0278. The number of nitrogens with zero attached hydrogens (tertiary/aromatic N) is 2. The first kappa shape index (κ1) is 20.5. The number of thiophene rings is 1. The van der Waals surface area contributed by atoms with Gasteiger partial charge in [-0.25, -0.2) is 0 Å². The normalized spacial score (nSPS) is 21.4. The number of hydrogen-bond acceptors (Lipinski definition) is 5. The van der Waals surface area contributed by atoms with Crippen LogP contribution in [-0.4, -0.2) is 47.1 Å². The summed E-state index contributed by atoms with van der Waals surface area (Å²) >= 11 is 1.76. The van der Waals surface area contributed by atoms with Gasteiger partial charge in [0.05, 0.1) is 11.7 Å². The van der Waals surface area contributed by atoms with Crippen LogP contribution >= 0.6 is 11.3 Å². The van der Waals surface area contributed by atoms with E-state index in [1.807, 2.05) is 18.5 Å². The molecule has 2 fully saturated rings. The number of amides is 1. The maximum absolute atomic E-state index is 12.1. The van der Waals surface area contributed by atoms with E-state index in [9.17, 15) is 4.79 Å². The molecule has 2 saturated heterocycles. The van der Waals surface area contributed by atoms with Crippen LogP contribution in [0.3, 0.4) is 0 Å². The smallest absolute Gasteiger partial charge is 0.220 e. The lowest BCUT2D eigenvalue weighted by atomic mass is 9.88. The minimum atomic E-state index is 0.0278. The lowest BCUT2D eigenvalue weighted by Gasteiger charge is -2.39. The van der Waals surface area contributed by atoms with Gasteiger partial charge in [0.15, 0.2) is 0 Å². The fourth-order valence-corrected chi connectivity index (χ4v) is 5.22. The van der Waals surface area contributed by atoms with Crippen molar-refractivity contribution in [3.05, 3.63) is 52.5 Å². The molecule has 4 heterocycles. The molecule has 0 aliphatic carbocycles. The molecule has 0 saturated carbocycles. The molecule has 5 nitrogen and oxygen atoms in total. The summed E-state index contributed by atoms with van der Waals surface area (Å²) in [6.45, 7) is 3.75. The Hall–Kier alpha value is -1.76. The third kappa shape index (κ3) is 5.87. The predicted molar refractivity (Wildman–Crippen MR) is 116 cm³/mol. The highest BCUT2D eigenvalue weighted by atomic mass is 32.1. The molecule has 6 heteroatoms. The van der Waals surface area contributed by atoms with Gasteiger partial charge in [0.2, 0.25) is 5.91 Å². The number of nitrogens with one attached hydrogen (secondary N) is 1. The van der Waals surface area contributed by atoms with E-state index in [0.717, 1.165) is 58.2 Å². The molecule has 1 spiro atoms. The summed E-state index contributed by atoms with van der Waals surface area (Å²) in [7, 11) is 0. The van der Waals surface area contributed by atoms with Crippen LogP contribution < -0.4 is 5.32 Å². The highest BCUT2D eigenvalue weighted by Gasteiger charge is 2.42. The van der Waals surface area contributed by atoms with Gasteiger partial charge in [0, 0.05) is 49.9 Å². The summed E-state index contributed by atoms with van der Waals surface area (Å²) < 4.78 is 6.45. The van der Waals surface area contributed by atoms with Gasteiger partial charge in [0.25, 0.3) is 0 Å². The summed E-state index contributed by atoms with van der Waals surface area (Å²) in [5.41, 5.74) is 1.30. The van der Waals surface area contributed by atoms with Gasteiger partial charge < -0.3 is 10.1 Å². The van der Waals surface area contributed by atoms with E-state index in [2.05, 4.69) is 38.8 Å². The predicted octanol–water partition coefficient (Wildman–Crippen LogP) is 3.80. The highest BCUT2D eigenvalue weighted by molar-refractivity contribution is 7.09. The van der Waals surface area contributed by atoms with E-state index in [4.69, 9.17) is 4.74 Å². The quantitative estimate of drug-likeness (QED) is 0.715. The molecule has 1 amide bonds. The number of aromatic nitrogens is 1. The fourth-order valence-electron chi connectivity index (χ4n) is 4.47. The van der Waals surface area contributed by atoms with Gasteiger partial charge in [-0.2, -0.15) is 0 Å².